The Morgan fingerprint density at radius 3 is 1.75 bits per heavy atom. The summed E-state index contributed by atoms with van der Waals surface area (Å²) < 4.78 is 1.41. The number of carboxylic acid groups (broad SMARTS) is 2. The fraction of sp³-hybridized carbons (Fsp3) is 0.526. The molecule has 770 valence electrons. The van der Waals surface area contributed by atoms with Gasteiger partial charge in [0, 0.05) is 132 Å². The molecular weight excluding hydrogens is 1870 g/mol. The smallest absolute Gasteiger partial charge is 0.323 e. The Morgan fingerprint density at radius 1 is 0.528 bits per heavy atom. The quantitative estimate of drug-likeness (QED) is 0.0202. The summed E-state index contributed by atoms with van der Waals surface area (Å²) in [5.74, 6) is -22.2. The van der Waals surface area contributed by atoms with Crippen LogP contribution in [0.25, 0.3) is 21.8 Å². The number of aliphatic hydroxyl groups excluding tert-OH is 1. The number of aliphatic imine (C=N–C) groups is 1. The Balaban J connectivity index is 1.14. The van der Waals surface area contributed by atoms with Crippen LogP contribution in [0.1, 0.15) is 159 Å². The van der Waals surface area contributed by atoms with Crippen LogP contribution in [0.4, 0.5) is 0 Å². The summed E-state index contributed by atoms with van der Waals surface area (Å²) in [5, 5.41) is 69.2. The molecule has 4 aliphatic rings. The molecule has 18 amide bonds. The summed E-state index contributed by atoms with van der Waals surface area (Å²) in [4.78, 5) is 302. The highest BCUT2D eigenvalue weighted by Crippen LogP contribution is 2.30. The van der Waals surface area contributed by atoms with Crippen LogP contribution >= 0.6 is 11.8 Å². The lowest BCUT2D eigenvalue weighted by Crippen LogP contribution is -2.61. The van der Waals surface area contributed by atoms with Crippen LogP contribution < -0.4 is 76.1 Å². The lowest BCUT2D eigenvalue weighted by molar-refractivity contribution is -0.149. The second-order valence-electron chi connectivity index (χ2n) is 36.0. The van der Waals surface area contributed by atoms with Gasteiger partial charge in [0.15, 0.2) is 0 Å². The zero-order valence-electron chi connectivity index (χ0n) is 80.2. The van der Waals surface area contributed by atoms with Gasteiger partial charge in [0.1, 0.15) is 96.9 Å². The number of carbonyl (C=O) groups is 20. The summed E-state index contributed by atoms with van der Waals surface area (Å²) in [6.07, 6.45) is 0.875. The molecule has 0 saturated carbocycles. The third-order valence-electron chi connectivity index (χ3n) is 25.4. The second-order valence-corrected chi connectivity index (χ2v) is 37.0. The number of H-pyrrole nitrogens is 1. The zero-order valence-corrected chi connectivity index (χ0v) is 81.0. The number of hydrogen-bond acceptors (Lipinski definition) is 25. The van der Waals surface area contributed by atoms with Gasteiger partial charge in [-0.25, -0.2) is 0 Å². The molecule has 0 spiro atoms. The highest BCUT2D eigenvalue weighted by molar-refractivity contribution is 8.00. The number of hydrogen-bond donors (Lipinski definition) is 19. The lowest BCUT2D eigenvalue weighted by Gasteiger charge is -2.36. The number of benzene rings is 3. The van der Waals surface area contributed by atoms with Crippen molar-refractivity contribution in [2.75, 3.05) is 58.8 Å². The highest BCUT2D eigenvalue weighted by atomic mass is 32.2. The molecule has 2 aromatic heterocycles. The molecule has 0 unspecified atom stereocenters. The fourth-order valence-corrected chi connectivity index (χ4v) is 18.4. The number of carbonyl (C=O) groups excluding carboxylic acids is 18. The fourth-order valence-electron chi connectivity index (χ4n) is 17.6. The molecule has 6 heterocycles. The van der Waals surface area contributed by atoms with E-state index in [9.17, 15) is 78.0 Å². The molecule has 46 nitrogen and oxygen atoms in total. The van der Waals surface area contributed by atoms with Crippen LogP contribution in [0, 0.1) is 0 Å². The first-order valence-electron chi connectivity index (χ1n) is 47.3. The van der Waals surface area contributed by atoms with Gasteiger partial charge in [-0.3, -0.25) is 101 Å². The molecule has 23 N–H and O–H groups in total. The van der Waals surface area contributed by atoms with Crippen molar-refractivity contribution in [1.82, 2.24) is 87.2 Å². The van der Waals surface area contributed by atoms with Crippen LogP contribution in [0.3, 0.4) is 0 Å². The summed E-state index contributed by atoms with van der Waals surface area (Å²) >= 11 is 0.689. The summed E-state index contributed by atoms with van der Waals surface area (Å²) in [5.41, 5.74) is 25.5. The normalized spacial score (nSPS) is 24.5. The van der Waals surface area contributed by atoms with Crippen LogP contribution in [0.5, 0.6) is 5.75 Å². The molecule has 3 fully saturated rings. The van der Waals surface area contributed by atoms with E-state index < -0.39 is 285 Å². The number of carboxylic acids is 2. The minimum Gasteiger partial charge on any atom is -0.508 e. The second kappa shape index (κ2) is 53.3. The van der Waals surface area contributed by atoms with Crippen LogP contribution in [-0.2, 0) is 122 Å². The molecule has 47 heteroatoms. The SMILES string of the molecule is CCCC[C@H]1C(=O)N(C)[C@@H](CCCC)C(=O)N[C@@H](CCC(=O)O)C(=O)N[C@H](C(=O)NCC(N)=O)CSCC(=O)N[C@@H](Cc2ccc(O)cc2)C(=O)N(C)[C@@H](C)C(=O)N[C@@H](CC(N)=O)C(=O)N2CCC[C@H]2C(=O)N[C@@H](CC2=CN=CC2)C(=O)N[C@@H](CCC(N)=O)C(=O)N2C[C@H](O)C[C@H]2C(=O)N[C@@H](Cc2c[nH]c3ccccc23)C(=O)N[C@@H](CCCCN)C(=O)N[C@@H](Cc2cn(CC(=O)O)c3ccccc23)C(=O)N1C. The van der Waals surface area contributed by atoms with Gasteiger partial charge in [0.25, 0.3) is 0 Å². The molecule has 9 rings (SSSR count). The highest BCUT2D eigenvalue weighted by Gasteiger charge is 2.47. The number of amides is 18. The molecular formula is C95H130N22O24S. The number of phenolic OH excluding ortho intramolecular Hbond substituents is 1. The maximum absolute atomic E-state index is 16.1. The zero-order chi connectivity index (χ0) is 104. The Labute approximate surface area is 823 Å². The van der Waals surface area contributed by atoms with E-state index in [0.717, 1.165) is 24.5 Å². The van der Waals surface area contributed by atoms with E-state index in [-0.39, 0.29) is 102 Å². The monoisotopic (exact) mass is 1990 g/mol. The predicted octanol–water partition coefficient (Wildman–Crippen LogP) is -2.63. The van der Waals surface area contributed by atoms with Crippen molar-refractivity contribution < 1.29 is 116 Å². The van der Waals surface area contributed by atoms with Crippen molar-refractivity contribution in [3.8, 4) is 5.75 Å². The van der Waals surface area contributed by atoms with E-state index in [1.54, 1.807) is 68.6 Å². The molecule has 0 radical (unpaired) electrons. The lowest BCUT2D eigenvalue weighted by atomic mass is 9.99. The third kappa shape index (κ3) is 31.3. The number of likely N-dealkylation sites (N-methyl/N-ethyl adjacent to an activating group) is 3. The topological polar surface area (TPSA) is 696 Å². The molecule has 0 aliphatic carbocycles. The van der Waals surface area contributed by atoms with Gasteiger partial charge in [-0.05, 0) is 124 Å². The van der Waals surface area contributed by atoms with Crippen molar-refractivity contribution in [2.24, 2.45) is 27.9 Å². The van der Waals surface area contributed by atoms with Crippen molar-refractivity contribution in [3.05, 3.63) is 114 Å². The predicted molar refractivity (Wildman–Crippen MR) is 517 cm³/mol. The standard InChI is InChI=1S/C95H130N22O24S/c1-7-9-22-72-88(134)105-63(31-33-80(124)125)85(131)111-70(83(129)102-46-78(99)122)50-142-51-79(123)103-67(38-53-26-28-57(118)29-27-53)91(137)112(4)52(3)82(128)109-69(43-77(98)121)94(140)116-37-17-25-73(116)89(135)107-65(39-54-34-36-100-44-54)86(132)106-64(30-32-76(97)120)93(139)117-48-58(119)42-75(117)90(136)108-66(40-55-45-101-61-20-13-11-18-59(55)61)87(133)104-62(21-15-16-35-96)84(130)110-68(92(138)114(6)74(23-10-8-2)95(141)113(72)5)41-56-47-115(49-81(126)127)71-24-14-12-19-60(56)71/h11-14,18-20,24,26-29,36,44-45,47,52,58,62-70,72-75,101,118-119H,7-10,15-17,21-23,25,30-35,37-43,46,48-51,96H2,1-6H3,(H2,97,120)(H2,98,121)(H2,99,122)(H,102,129)(H,103,123)(H,104,133)(H,105,134)(H,106,132)(H,107,135)(H,108,136)(H,109,128)(H,110,130)(H,111,131)(H,124,125)(H,126,127)/t52-,58+,62-,63-,64-,65-,66-,67-,68-,69-,70-,72-,73-,74-,75-/m0/s1. The molecule has 3 saturated heterocycles. The van der Waals surface area contributed by atoms with Crippen molar-refractivity contribution >= 4 is 158 Å². The number of phenols is 1. The van der Waals surface area contributed by atoms with Gasteiger partial charge in [-0.1, -0.05) is 88.1 Å². The van der Waals surface area contributed by atoms with E-state index in [1.807, 2.05) is 0 Å². The molecule has 5 aromatic rings. The average molecular weight is 2000 g/mol. The molecule has 3 aromatic carbocycles. The molecule has 4 aliphatic heterocycles. The number of nitrogens with two attached hydrogens (primary N) is 4. The number of aromatic amines is 1. The van der Waals surface area contributed by atoms with Crippen LogP contribution in [0.2, 0.25) is 0 Å². The molecule has 0 bridgehead atoms. The number of fused-ring (bicyclic) bond motifs is 4. The maximum atomic E-state index is 16.1. The number of rotatable bonds is 31. The number of nitrogens with one attached hydrogen (secondary N) is 11. The number of thioether (sulfide) groups is 1. The largest absolute Gasteiger partial charge is 0.508 e. The van der Waals surface area contributed by atoms with E-state index in [4.69, 9.17) is 22.9 Å². The van der Waals surface area contributed by atoms with Gasteiger partial charge < -0.3 is 131 Å². The number of primary amides is 3. The number of nitrogens with zero attached hydrogens (tertiary/aromatic N) is 7. The van der Waals surface area contributed by atoms with Gasteiger partial charge in [-0.15, -0.1) is 11.8 Å². The van der Waals surface area contributed by atoms with E-state index >= 15 is 38.4 Å². The molecule has 142 heavy (non-hydrogen) atoms. The van der Waals surface area contributed by atoms with E-state index in [1.165, 1.54) is 75.5 Å². The van der Waals surface area contributed by atoms with Gasteiger partial charge in [-0.2, -0.15) is 0 Å². The van der Waals surface area contributed by atoms with E-state index in [0.29, 0.717) is 68.7 Å². The first kappa shape index (κ1) is 111. The minimum absolute atomic E-state index is 0.0669. The van der Waals surface area contributed by atoms with Gasteiger partial charge in [0.2, 0.25) is 106 Å². The summed E-state index contributed by atoms with van der Waals surface area (Å²) in [6.45, 7) is 2.82. The number of para-hydroxylation sites is 2. The average Bonchev–Trinajstić information content (AvgIpc) is 1.59. The Morgan fingerprint density at radius 2 is 1.10 bits per heavy atom. The van der Waals surface area contributed by atoms with Crippen LogP contribution in [0.15, 0.2) is 102 Å². The first-order valence-corrected chi connectivity index (χ1v) is 48.5. The van der Waals surface area contributed by atoms with E-state index in [2.05, 4.69) is 63.1 Å². The van der Waals surface area contributed by atoms with Gasteiger partial charge >= 0.3 is 11.9 Å². The number of aliphatic hydroxyl groups is 1. The first-order chi connectivity index (χ1) is 67.6. The van der Waals surface area contributed by atoms with Crippen molar-refractivity contribution in [2.45, 2.75) is 259 Å². The minimum atomic E-state index is -1.83. The number of unbranched alkanes of at least 4 members (excludes halogenated alkanes) is 3. The van der Waals surface area contributed by atoms with Crippen molar-refractivity contribution in [3.63, 3.8) is 0 Å². The molecule has 15 atom stereocenters. The number of aromatic nitrogens is 2. The third-order valence-corrected chi connectivity index (χ3v) is 26.5. The van der Waals surface area contributed by atoms with Crippen molar-refractivity contribution in [1.29, 1.82) is 0 Å². The number of aliphatic carboxylic acids is 2. The number of aromatic hydroxyl groups is 1. The summed E-state index contributed by atoms with van der Waals surface area (Å²) in [6, 6.07) is -4.06. The maximum Gasteiger partial charge on any atom is 0.323 e. The van der Waals surface area contributed by atoms with Gasteiger partial charge in [0.05, 0.1) is 24.8 Å². The Kier molecular flexibility index (Phi) is 41.8. The summed E-state index contributed by atoms with van der Waals surface area (Å²) in [7, 11) is 3.74. The Hall–Kier alpha value is -14.4. The van der Waals surface area contributed by atoms with Crippen LogP contribution in [-0.4, -0.2) is 328 Å². The Bertz CT molecular complexity index is 5510.